The molecule has 0 aliphatic rings. The van der Waals surface area contributed by atoms with Crippen LogP contribution in [0.15, 0.2) is 41.3 Å². The number of aromatic nitrogens is 1. The Kier molecular flexibility index (Phi) is 2.55. The Balaban J connectivity index is 2.50. The van der Waals surface area contributed by atoms with Gasteiger partial charge in [-0.15, -0.1) is 0 Å². The average molecular weight is 215 g/mol. The first-order valence-electron chi connectivity index (χ1n) is 4.69. The molecule has 2 rings (SSSR count). The first-order chi connectivity index (χ1) is 7.65. The highest BCUT2D eigenvalue weighted by molar-refractivity contribution is 5.88. The highest BCUT2D eigenvalue weighted by atomic mass is 16.4. The van der Waals surface area contributed by atoms with E-state index in [-0.39, 0.29) is 5.56 Å². The Morgan fingerprint density at radius 3 is 2.81 bits per heavy atom. The van der Waals surface area contributed by atoms with E-state index < -0.39 is 5.97 Å². The third-order valence-electron chi connectivity index (χ3n) is 2.19. The van der Waals surface area contributed by atoms with Gasteiger partial charge in [0.05, 0.1) is 0 Å². The number of benzene rings is 1. The number of nitrogens with one attached hydrogen (secondary N) is 1. The number of fused-ring (bicyclic) bond motifs is 1. The summed E-state index contributed by atoms with van der Waals surface area (Å²) in [5.74, 6) is -0.994. The van der Waals surface area contributed by atoms with Crippen LogP contribution in [0.1, 0.15) is 5.56 Å². The van der Waals surface area contributed by atoms with Gasteiger partial charge in [0.1, 0.15) is 0 Å². The van der Waals surface area contributed by atoms with Crippen LogP contribution < -0.4 is 5.56 Å². The molecule has 16 heavy (non-hydrogen) atoms. The van der Waals surface area contributed by atoms with Crippen molar-refractivity contribution in [1.29, 1.82) is 0 Å². The number of aliphatic carboxylic acids is 1. The van der Waals surface area contributed by atoms with E-state index in [0.717, 1.165) is 22.4 Å². The summed E-state index contributed by atoms with van der Waals surface area (Å²) in [7, 11) is 0. The van der Waals surface area contributed by atoms with Gasteiger partial charge in [0.25, 0.3) is 0 Å². The summed E-state index contributed by atoms with van der Waals surface area (Å²) in [5.41, 5.74) is 0.576. The lowest BCUT2D eigenvalue weighted by Crippen LogP contribution is -2.01. The highest BCUT2D eigenvalue weighted by Crippen LogP contribution is 2.14. The van der Waals surface area contributed by atoms with Crippen molar-refractivity contribution in [2.24, 2.45) is 0 Å². The predicted octanol–water partition coefficient (Wildman–Crippen LogP) is 1.63. The molecule has 0 atom stereocenters. The molecule has 4 heteroatoms. The molecule has 0 spiro atoms. The lowest BCUT2D eigenvalue weighted by atomic mass is 10.1. The summed E-state index contributed by atoms with van der Waals surface area (Å²) in [4.78, 5) is 24.0. The fourth-order valence-electron chi connectivity index (χ4n) is 1.45. The number of rotatable bonds is 2. The monoisotopic (exact) mass is 215 g/mol. The minimum absolute atomic E-state index is 0.174. The third-order valence-corrected chi connectivity index (χ3v) is 2.19. The minimum Gasteiger partial charge on any atom is -0.478 e. The summed E-state index contributed by atoms with van der Waals surface area (Å²) in [6.07, 6.45) is 4.18. The van der Waals surface area contributed by atoms with Gasteiger partial charge in [-0.3, -0.25) is 4.79 Å². The van der Waals surface area contributed by atoms with E-state index in [1.807, 2.05) is 6.07 Å². The first kappa shape index (κ1) is 10.2. The van der Waals surface area contributed by atoms with Crippen LogP contribution in [0.2, 0.25) is 0 Å². The van der Waals surface area contributed by atoms with Crippen molar-refractivity contribution < 1.29 is 9.90 Å². The van der Waals surface area contributed by atoms with Crippen LogP contribution in [0.25, 0.3) is 16.8 Å². The Morgan fingerprint density at radius 1 is 1.25 bits per heavy atom. The van der Waals surface area contributed by atoms with Crippen LogP contribution in [0.5, 0.6) is 0 Å². The highest BCUT2D eigenvalue weighted by Gasteiger charge is 1.95. The summed E-state index contributed by atoms with van der Waals surface area (Å²) in [6, 6.07) is 6.87. The van der Waals surface area contributed by atoms with Gasteiger partial charge in [0.15, 0.2) is 0 Å². The predicted molar refractivity (Wildman–Crippen MR) is 61.2 cm³/mol. The van der Waals surface area contributed by atoms with Crippen LogP contribution in [-0.4, -0.2) is 16.1 Å². The second kappa shape index (κ2) is 4.02. The topological polar surface area (TPSA) is 70.2 Å². The van der Waals surface area contributed by atoms with Crippen molar-refractivity contribution in [3.05, 3.63) is 52.5 Å². The summed E-state index contributed by atoms with van der Waals surface area (Å²) in [5, 5.41) is 10.2. The molecule has 2 N–H and O–H groups in total. The maximum atomic E-state index is 11.1. The van der Waals surface area contributed by atoms with Gasteiger partial charge < -0.3 is 10.1 Å². The molecule has 0 aliphatic heterocycles. The molecule has 80 valence electrons. The zero-order chi connectivity index (χ0) is 11.5. The molecule has 0 unspecified atom stereocenters. The first-order valence-corrected chi connectivity index (χ1v) is 4.69. The molecule has 2 aromatic rings. The summed E-state index contributed by atoms with van der Waals surface area (Å²) < 4.78 is 0. The molecule has 1 aromatic carbocycles. The number of carboxylic acid groups (broad SMARTS) is 1. The second-order valence-corrected chi connectivity index (χ2v) is 3.36. The van der Waals surface area contributed by atoms with Gasteiger partial charge in [-0.2, -0.15) is 0 Å². The standard InChI is InChI=1S/C12H9NO3/c14-11-6-10-5-8(2-4-12(15)16)1-3-9(10)7-13-11/h1-7H,(H,13,14)(H,15,16). The molecule has 4 nitrogen and oxygen atoms in total. The lowest BCUT2D eigenvalue weighted by Gasteiger charge is -1.98. The van der Waals surface area contributed by atoms with E-state index in [0.29, 0.717) is 0 Å². The normalized spacial score (nSPS) is 11.0. The van der Waals surface area contributed by atoms with Crippen LogP contribution in [0.4, 0.5) is 0 Å². The number of H-pyrrole nitrogens is 1. The number of pyridine rings is 1. The Bertz CT molecular complexity index is 625. The minimum atomic E-state index is -0.994. The quantitative estimate of drug-likeness (QED) is 0.748. The molecule has 0 saturated heterocycles. The van der Waals surface area contributed by atoms with Crippen LogP contribution in [0, 0.1) is 0 Å². The zero-order valence-electron chi connectivity index (χ0n) is 8.31. The molecule has 0 aliphatic carbocycles. The molecular formula is C12H9NO3. The van der Waals surface area contributed by atoms with Crippen LogP contribution in [0.3, 0.4) is 0 Å². The number of aromatic amines is 1. The summed E-state index contributed by atoms with van der Waals surface area (Å²) in [6.45, 7) is 0. The Hall–Kier alpha value is -2.36. The van der Waals surface area contributed by atoms with E-state index in [1.54, 1.807) is 18.3 Å². The maximum absolute atomic E-state index is 11.1. The molecule has 1 heterocycles. The van der Waals surface area contributed by atoms with Gasteiger partial charge in [-0.25, -0.2) is 4.79 Å². The van der Waals surface area contributed by atoms with Gasteiger partial charge in [-0.1, -0.05) is 12.1 Å². The van der Waals surface area contributed by atoms with Crippen molar-refractivity contribution in [1.82, 2.24) is 4.98 Å². The molecule has 1 aromatic heterocycles. The smallest absolute Gasteiger partial charge is 0.328 e. The van der Waals surface area contributed by atoms with E-state index in [4.69, 9.17) is 5.11 Å². The molecule has 0 saturated carbocycles. The van der Waals surface area contributed by atoms with E-state index >= 15 is 0 Å². The molecule has 0 bridgehead atoms. The zero-order valence-corrected chi connectivity index (χ0v) is 8.31. The second-order valence-electron chi connectivity index (χ2n) is 3.36. The van der Waals surface area contributed by atoms with Crippen LogP contribution >= 0.6 is 0 Å². The van der Waals surface area contributed by atoms with Crippen LogP contribution in [-0.2, 0) is 4.79 Å². The fourth-order valence-corrected chi connectivity index (χ4v) is 1.45. The van der Waals surface area contributed by atoms with Gasteiger partial charge in [0.2, 0.25) is 5.56 Å². The largest absolute Gasteiger partial charge is 0.478 e. The van der Waals surface area contributed by atoms with E-state index in [2.05, 4.69) is 4.98 Å². The van der Waals surface area contributed by atoms with Gasteiger partial charge in [-0.05, 0) is 28.5 Å². The number of carbonyl (C=O) groups is 1. The molecule has 0 radical (unpaired) electrons. The SMILES string of the molecule is O=C(O)C=Cc1ccc2c[nH]c(=O)cc2c1. The third kappa shape index (κ3) is 2.17. The van der Waals surface area contributed by atoms with E-state index in [9.17, 15) is 9.59 Å². The molecule has 0 amide bonds. The maximum Gasteiger partial charge on any atom is 0.328 e. The molecular weight excluding hydrogens is 206 g/mol. The van der Waals surface area contributed by atoms with Crippen molar-refractivity contribution in [2.45, 2.75) is 0 Å². The number of hydrogen-bond donors (Lipinski definition) is 2. The fraction of sp³-hybridized carbons (Fsp3) is 0. The average Bonchev–Trinajstić information content (AvgIpc) is 2.25. The van der Waals surface area contributed by atoms with Gasteiger partial charge in [0, 0.05) is 18.3 Å². The summed E-state index contributed by atoms with van der Waals surface area (Å²) >= 11 is 0. The number of carboxylic acids is 1. The lowest BCUT2D eigenvalue weighted by molar-refractivity contribution is -0.131. The van der Waals surface area contributed by atoms with Crippen molar-refractivity contribution in [3.63, 3.8) is 0 Å². The number of hydrogen-bond acceptors (Lipinski definition) is 2. The van der Waals surface area contributed by atoms with E-state index in [1.165, 1.54) is 12.1 Å². The Morgan fingerprint density at radius 2 is 2.06 bits per heavy atom. The van der Waals surface area contributed by atoms with Crippen molar-refractivity contribution in [2.75, 3.05) is 0 Å². The Labute approximate surface area is 90.9 Å². The van der Waals surface area contributed by atoms with Crippen molar-refractivity contribution >= 4 is 22.8 Å². The molecule has 0 fully saturated rings. The van der Waals surface area contributed by atoms with Crippen molar-refractivity contribution in [3.8, 4) is 0 Å². The van der Waals surface area contributed by atoms with Gasteiger partial charge >= 0.3 is 5.97 Å².